The van der Waals surface area contributed by atoms with Gasteiger partial charge in [-0.25, -0.2) is 4.39 Å². The van der Waals surface area contributed by atoms with Gasteiger partial charge in [0.25, 0.3) is 5.91 Å². The highest BCUT2D eigenvalue weighted by Crippen LogP contribution is 2.26. The Hall–Kier alpha value is -2.45. The van der Waals surface area contributed by atoms with E-state index in [-0.39, 0.29) is 23.5 Å². The van der Waals surface area contributed by atoms with Crippen molar-refractivity contribution in [3.05, 3.63) is 58.3 Å². The van der Waals surface area contributed by atoms with Crippen LogP contribution in [0.15, 0.2) is 46.9 Å². The zero-order valence-corrected chi connectivity index (χ0v) is 18.7. The SMILES string of the molecule is O=C(Nc1ccc(N2CCOCC2)c(F)c1)C1CCN(C(=O)c2ccc(Br)cc2)CC1. The Morgan fingerprint density at radius 2 is 1.68 bits per heavy atom. The molecular weight excluding hydrogens is 465 g/mol. The Morgan fingerprint density at radius 1 is 1.00 bits per heavy atom. The van der Waals surface area contributed by atoms with Crippen molar-refractivity contribution >= 4 is 39.1 Å². The second-order valence-electron chi connectivity index (χ2n) is 7.83. The summed E-state index contributed by atoms with van der Waals surface area (Å²) in [6.07, 6.45) is 1.17. The summed E-state index contributed by atoms with van der Waals surface area (Å²) in [5.41, 5.74) is 1.62. The second kappa shape index (κ2) is 9.78. The monoisotopic (exact) mass is 489 g/mol. The van der Waals surface area contributed by atoms with Crippen molar-refractivity contribution in [1.29, 1.82) is 0 Å². The van der Waals surface area contributed by atoms with E-state index >= 15 is 0 Å². The number of rotatable bonds is 4. The van der Waals surface area contributed by atoms with Crippen molar-refractivity contribution in [2.45, 2.75) is 12.8 Å². The Morgan fingerprint density at radius 3 is 2.32 bits per heavy atom. The first kappa shape index (κ1) is 21.8. The summed E-state index contributed by atoms with van der Waals surface area (Å²) in [4.78, 5) is 29.0. The maximum Gasteiger partial charge on any atom is 0.253 e. The number of likely N-dealkylation sites (tertiary alicyclic amines) is 1. The number of carbonyl (C=O) groups is 2. The van der Waals surface area contributed by atoms with Gasteiger partial charge >= 0.3 is 0 Å². The summed E-state index contributed by atoms with van der Waals surface area (Å²) >= 11 is 3.37. The van der Waals surface area contributed by atoms with Crippen LogP contribution in [-0.2, 0) is 9.53 Å². The van der Waals surface area contributed by atoms with E-state index in [1.165, 1.54) is 6.07 Å². The first-order valence-electron chi connectivity index (χ1n) is 10.5. The van der Waals surface area contributed by atoms with E-state index in [0.717, 1.165) is 4.47 Å². The van der Waals surface area contributed by atoms with E-state index in [1.54, 1.807) is 29.2 Å². The van der Waals surface area contributed by atoms with E-state index < -0.39 is 0 Å². The molecule has 2 aliphatic heterocycles. The number of carbonyl (C=O) groups excluding carboxylic acids is 2. The van der Waals surface area contributed by atoms with Gasteiger partial charge in [-0.2, -0.15) is 0 Å². The second-order valence-corrected chi connectivity index (χ2v) is 8.74. The number of nitrogens with one attached hydrogen (secondary N) is 1. The maximum atomic E-state index is 14.6. The number of amides is 2. The van der Waals surface area contributed by atoms with Crippen molar-refractivity contribution in [1.82, 2.24) is 4.90 Å². The van der Waals surface area contributed by atoms with E-state index in [1.807, 2.05) is 17.0 Å². The number of piperidine rings is 1. The topological polar surface area (TPSA) is 61.9 Å². The van der Waals surface area contributed by atoms with Gasteiger partial charge in [0.05, 0.1) is 18.9 Å². The molecule has 0 bridgehead atoms. The van der Waals surface area contributed by atoms with Crippen LogP contribution in [0.2, 0.25) is 0 Å². The van der Waals surface area contributed by atoms with Crippen LogP contribution in [0.3, 0.4) is 0 Å². The van der Waals surface area contributed by atoms with Gasteiger partial charge in [0.15, 0.2) is 0 Å². The van der Waals surface area contributed by atoms with Crippen LogP contribution in [0, 0.1) is 11.7 Å². The molecule has 164 valence electrons. The summed E-state index contributed by atoms with van der Waals surface area (Å²) in [5, 5.41) is 2.83. The van der Waals surface area contributed by atoms with E-state index in [2.05, 4.69) is 21.2 Å². The number of hydrogen-bond acceptors (Lipinski definition) is 4. The van der Waals surface area contributed by atoms with Gasteiger partial charge in [0, 0.05) is 47.8 Å². The molecule has 4 rings (SSSR count). The standard InChI is InChI=1S/C23H25BrFN3O3/c24-18-3-1-17(2-4-18)23(30)28-9-7-16(8-10-28)22(29)26-19-5-6-21(20(25)15-19)27-11-13-31-14-12-27/h1-6,15-16H,7-14H2,(H,26,29). The highest BCUT2D eigenvalue weighted by atomic mass is 79.9. The molecule has 0 spiro atoms. The molecule has 0 radical (unpaired) electrons. The highest BCUT2D eigenvalue weighted by Gasteiger charge is 2.28. The molecule has 8 heteroatoms. The third-order valence-electron chi connectivity index (χ3n) is 5.81. The molecule has 0 aromatic heterocycles. The lowest BCUT2D eigenvalue weighted by Crippen LogP contribution is -2.41. The molecule has 0 unspecified atom stereocenters. The van der Waals surface area contributed by atoms with Gasteiger partial charge in [0.2, 0.25) is 5.91 Å². The highest BCUT2D eigenvalue weighted by molar-refractivity contribution is 9.10. The molecule has 2 heterocycles. The molecule has 2 fully saturated rings. The lowest BCUT2D eigenvalue weighted by Gasteiger charge is -2.31. The van der Waals surface area contributed by atoms with Crippen LogP contribution in [0.1, 0.15) is 23.2 Å². The van der Waals surface area contributed by atoms with Crippen LogP contribution >= 0.6 is 15.9 Å². The number of morpholine rings is 1. The Kier molecular flexibility index (Phi) is 6.87. The number of hydrogen-bond donors (Lipinski definition) is 1. The molecule has 2 amide bonds. The Balaban J connectivity index is 1.31. The number of ether oxygens (including phenoxy) is 1. The summed E-state index contributed by atoms with van der Waals surface area (Å²) in [5.74, 6) is -0.702. The fraction of sp³-hybridized carbons (Fsp3) is 0.391. The van der Waals surface area contributed by atoms with Gasteiger partial charge in [-0.15, -0.1) is 0 Å². The third-order valence-corrected chi connectivity index (χ3v) is 6.34. The van der Waals surface area contributed by atoms with E-state index in [0.29, 0.717) is 69.2 Å². The maximum absolute atomic E-state index is 14.6. The zero-order valence-electron chi connectivity index (χ0n) is 17.2. The summed E-state index contributed by atoms with van der Waals surface area (Å²) in [7, 11) is 0. The molecule has 0 atom stereocenters. The van der Waals surface area contributed by atoms with Crippen molar-refractivity contribution < 1.29 is 18.7 Å². The molecule has 31 heavy (non-hydrogen) atoms. The molecule has 2 aliphatic rings. The summed E-state index contributed by atoms with van der Waals surface area (Å²) < 4.78 is 20.8. The third kappa shape index (κ3) is 5.25. The van der Waals surface area contributed by atoms with Gasteiger partial charge in [-0.3, -0.25) is 9.59 Å². The average molecular weight is 490 g/mol. The van der Waals surface area contributed by atoms with E-state index in [4.69, 9.17) is 4.74 Å². The van der Waals surface area contributed by atoms with Crippen molar-refractivity contribution in [3.63, 3.8) is 0 Å². The smallest absolute Gasteiger partial charge is 0.253 e. The lowest BCUT2D eigenvalue weighted by atomic mass is 9.95. The first-order chi connectivity index (χ1) is 15.0. The Bertz CT molecular complexity index is 940. The van der Waals surface area contributed by atoms with Gasteiger partial charge in [0.1, 0.15) is 5.82 Å². The number of anilines is 2. The molecular formula is C23H25BrFN3O3. The predicted octanol–water partition coefficient (Wildman–Crippen LogP) is 3.92. The summed E-state index contributed by atoms with van der Waals surface area (Å²) in [6, 6.07) is 12.1. The number of halogens is 2. The van der Waals surface area contributed by atoms with Crippen LogP contribution in [0.4, 0.5) is 15.8 Å². The predicted molar refractivity (Wildman–Crippen MR) is 121 cm³/mol. The first-order valence-corrected chi connectivity index (χ1v) is 11.3. The fourth-order valence-corrected chi connectivity index (χ4v) is 4.27. The largest absolute Gasteiger partial charge is 0.378 e. The minimum absolute atomic E-state index is 0.0212. The molecule has 1 N–H and O–H groups in total. The molecule has 2 saturated heterocycles. The number of benzene rings is 2. The fourth-order valence-electron chi connectivity index (χ4n) is 4.01. The molecule has 2 aromatic carbocycles. The Labute approximate surface area is 189 Å². The quantitative estimate of drug-likeness (QED) is 0.706. The average Bonchev–Trinajstić information content (AvgIpc) is 2.80. The van der Waals surface area contributed by atoms with Crippen molar-refractivity contribution in [2.75, 3.05) is 49.6 Å². The van der Waals surface area contributed by atoms with Crippen LogP contribution in [-0.4, -0.2) is 56.1 Å². The van der Waals surface area contributed by atoms with Crippen LogP contribution in [0.25, 0.3) is 0 Å². The van der Waals surface area contributed by atoms with Gasteiger partial charge < -0.3 is 19.9 Å². The summed E-state index contributed by atoms with van der Waals surface area (Å²) in [6.45, 7) is 3.52. The van der Waals surface area contributed by atoms with Gasteiger partial charge in [-0.1, -0.05) is 15.9 Å². The minimum atomic E-state index is -0.352. The van der Waals surface area contributed by atoms with Crippen molar-refractivity contribution in [3.8, 4) is 0 Å². The molecule has 2 aromatic rings. The minimum Gasteiger partial charge on any atom is -0.378 e. The normalized spacial score (nSPS) is 17.5. The zero-order chi connectivity index (χ0) is 21.8. The van der Waals surface area contributed by atoms with E-state index in [9.17, 15) is 14.0 Å². The van der Waals surface area contributed by atoms with Crippen LogP contribution < -0.4 is 10.2 Å². The molecule has 6 nitrogen and oxygen atoms in total. The molecule has 0 saturated carbocycles. The molecule has 0 aliphatic carbocycles. The van der Waals surface area contributed by atoms with Gasteiger partial charge in [-0.05, 0) is 55.3 Å². The lowest BCUT2D eigenvalue weighted by molar-refractivity contribution is -0.121. The van der Waals surface area contributed by atoms with Crippen molar-refractivity contribution in [2.24, 2.45) is 5.92 Å². The number of nitrogens with zero attached hydrogens (tertiary/aromatic N) is 2. The van der Waals surface area contributed by atoms with Crippen LogP contribution in [0.5, 0.6) is 0 Å².